The average Bonchev–Trinajstić information content (AvgIpc) is 3.02. The van der Waals surface area contributed by atoms with Gasteiger partial charge in [0.15, 0.2) is 0 Å². The Bertz CT molecular complexity index is 1340. The Balaban J connectivity index is 1.45. The number of rotatable bonds is 13. The average molecular weight is 566 g/mol. The molecule has 0 bridgehead atoms. The van der Waals surface area contributed by atoms with Gasteiger partial charge in [0.25, 0.3) is 0 Å². The molecule has 0 radical (unpaired) electrons. The van der Waals surface area contributed by atoms with Gasteiger partial charge >= 0.3 is 5.97 Å². The van der Waals surface area contributed by atoms with Crippen LogP contribution in [0.1, 0.15) is 29.2 Å². The zero-order valence-corrected chi connectivity index (χ0v) is 24.1. The van der Waals surface area contributed by atoms with Gasteiger partial charge < -0.3 is 18.9 Å². The highest BCUT2D eigenvalue weighted by molar-refractivity contribution is 5.66. The molecule has 5 rings (SSSR count). The van der Waals surface area contributed by atoms with Crippen LogP contribution in [-0.2, 0) is 50.1 Å². The first kappa shape index (κ1) is 29.7. The highest BCUT2D eigenvalue weighted by Crippen LogP contribution is 2.30. The normalized spacial score (nSPS) is 20.7. The maximum absolute atomic E-state index is 12.3. The van der Waals surface area contributed by atoms with E-state index in [1.807, 2.05) is 84.9 Å². The third-order valence-corrected chi connectivity index (χ3v) is 7.47. The minimum absolute atomic E-state index is 0.148. The molecule has 4 atom stereocenters. The molecule has 1 heterocycles. The van der Waals surface area contributed by atoms with Crippen molar-refractivity contribution in [1.29, 1.82) is 0 Å². The van der Waals surface area contributed by atoms with Crippen molar-refractivity contribution in [3.05, 3.63) is 144 Å². The third-order valence-electron chi connectivity index (χ3n) is 7.47. The molecular weight excluding hydrogens is 526 g/mol. The van der Waals surface area contributed by atoms with Crippen molar-refractivity contribution in [2.24, 2.45) is 0 Å². The molecule has 6 nitrogen and oxygen atoms in total. The van der Waals surface area contributed by atoms with E-state index in [1.54, 1.807) is 0 Å². The Morgan fingerprint density at radius 3 is 1.60 bits per heavy atom. The number of esters is 1. The molecule has 218 valence electrons. The van der Waals surface area contributed by atoms with Crippen LogP contribution in [0.4, 0.5) is 0 Å². The molecule has 0 aromatic heterocycles. The summed E-state index contributed by atoms with van der Waals surface area (Å²) in [5.41, 5.74) is 4.38. The molecule has 1 aliphatic rings. The van der Waals surface area contributed by atoms with E-state index in [0.717, 1.165) is 22.3 Å². The fraction of sp³-hybridized carbons (Fsp3) is 0.306. The lowest BCUT2D eigenvalue weighted by molar-refractivity contribution is -0.210. The number of nitrogens with zero attached hydrogens (tertiary/aromatic N) is 1. The topological polar surface area (TPSA) is 57.2 Å². The largest absolute Gasteiger partial charge is 0.458 e. The second-order valence-electron chi connectivity index (χ2n) is 10.7. The molecule has 0 aliphatic carbocycles. The lowest BCUT2D eigenvalue weighted by Crippen LogP contribution is -2.64. The van der Waals surface area contributed by atoms with Crippen LogP contribution in [0.25, 0.3) is 0 Å². The number of likely N-dealkylation sites (tertiary alicyclic amines) is 1. The molecule has 0 saturated carbocycles. The quantitative estimate of drug-likeness (QED) is 0.180. The zero-order valence-electron chi connectivity index (χ0n) is 24.1. The Morgan fingerprint density at radius 1 is 0.643 bits per heavy atom. The molecule has 4 aromatic carbocycles. The molecule has 1 fully saturated rings. The number of hydrogen-bond donors (Lipinski definition) is 0. The van der Waals surface area contributed by atoms with Crippen molar-refractivity contribution in [2.75, 3.05) is 13.2 Å². The summed E-state index contributed by atoms with van der Waals surface area (Å²) >= 11 is 0. The molecule has 0 N–H and O–H groups in total. The van der Waals surface area contributed by atoms with Gasteiger partial charge in [-0.05, 0) is 22.3 Å². The van der Waals surface area contributed by atoms with Crippen LogP contribution in [-0.4, -0.2) is 48.4 Å². The van der Waals surface area contributed by atoms with Crippen LogP contribution in [0.5, 0.6) is 0 Å². The van der Waals surface area contributed by atoms with Crippen molar-refractivity contribution >= 4 is 5.97 Å². The molecule has 6 heteroatoms. The molecular formula is C36H39NO5. The van der Waals surface area contributed by atoms with E-state index < -0.39 is 18.3 Å². The Hall–Kier alpha value is -3.81. The standard InChI is InChI=1S/C36H39NO5/c1-28(38)42-34-23-37(22-29-14-6-2-7-15-29)33(27-39-24-30-16-8-3-9-17-30)35(40-25-31-18-10-4-11-19-31)36(34)41-26-32-20-12-5-13-21-32/h2-21,33-36H,22-27H2,1H3/t33-,34?,35-,36+/m0/s1. The fourth-order valence-electron chi connectivity index (χ4n) is 5.44. The third kappa shape index (κ3) is 8.60. The maximum atomic E-state index is 12.3. The number of carbonyl (C=O) groups is 1. The van der Waals surface area contributed by atoms with Crippen molar-refractivity contribution in [3.8, 4) is 0 Å². The van der Waals surface area contributed by atoms with E-state index >= 15 is 0 Å². The van der Waals surface area contributed by atoms with Gasteiger partial charge in [-0.15, -0.1) is 0 Å². The maximum Gasteiger partial charge on any atom is 0.303 e. The smallest absolute Gasteiger partial charge is 0.303 e. The monoisotopic (exact) mass is 565 g/mol. The summed E-state index contributed by atoms with van der Waals surface area (Å²) in [6, 6.07) is 40.5. The van der Waals surface area contributed by atoms with E-state index in [4.69, 9.17) is 18.9 Å². The lowest BCUT2D eigenvalue weighted by Gasteiger charge is -2.48. The van der Waals surface area contributed by atoms with Crippen LogP contribution in [0.3, 0.4) is 0 Å². The predicted molar refractivity (Wildman–Crippen MR) is 162 cm³/mol. The van der Waals surface area contributed by atoms with Crippen LogP contribution in [0, 0.1) is 0 Å². The molecule has 1 aliphatic heterocycles. The Morgan fingerprint density at radius 2 is 1.10 bits per heavy atom. The van der Waals surface area contributed by atoms with Crippen LogP contribution in [0.2, 0.25) is 0 Å². The van der Waals surface area contributed by atoms with Gasteiger partial charge in [-0.1, -0.05) is 121 Å². The molecule has 1 unspecified atom stereocenters. The number of carbonyl (C=O) groups excluding carboxylic acids is 1. The first-order valence-electron chi connectivity index (χ1n) is 14.5. The molecule has 0 amide bonds. The summed E-state index contributed by atoms with van der Waals surface area (Å²) < 4.78 is 25.6. The van der Waals surface area contributed by atoms with Gasteiger partial charge in [0.05, 0.1) is 32.5 Å². The second-order valence-corrected chi connectivity index (χ2v) is 10.7. The van der Waals surface area contributed by atoms with Gasteiger partial charge in [-0.2, -0.15) is 0 Å². The van der Waals surface area contributed by atoms with Crippen LogP contribution < -0.4 is 0 Å². The van der Waals surface area contributed by atoms with Crippen LogP contribution >= 0.6 is 0 Å². The first-order valence-corrected chi connectivity index (χ1v) is 14.5. The van der Waals surface area contributed by atoms with Gasteiger partial charge in [-0.3, -0.25) is 9.69 Å². The van der Waals surface area contributed by atoms with Crippen molar-refractivity contribution < 1.29 is 23.7 Å². The summed E-state index contributed by atoms with van der Waals surface area (Å²) in [6.45, 7) is 4.31. The number of ether oxygens (including phenoxy) is 4. The molecule has 1 saturated heterocycles. The van der Waals surface area contributed by atoms with E-state index in [9.17, 15) is 4.79 Å². The molecule has 42 heavy (non-hydrogen) atoms. The van der Waals surface area contributed by atoms with E-state index in [1.165, 1.54) is 6.92 Å². The number of piperidine rings is 1. The SMILES string of the molecule is CC(=O)OC1CN(Cc2ccccc2)[C@@H](COCc2ccccc2)[C@H](OCc2ccccc2)[C@@H]1OCc1ccccc1. The highest BCUT2D eigenvalue weighted by Gasteiger charge is 2.47. The van der Waals surface area contributed by atoms with Crippen LogP contribution in [0.15, 0.2) is 121 Å². The molecule has 4 aromatic rings. The molecule has 0 spiro atoms. The van der Waals surface area contributed by atoms with Gasteiger partial charge in [0.1, 0.15) is 18.3 Å². The van der Waals surface area contributed by atoms with Gasteiger partial charge in [0, 0.05) is 20.0 Å². The second kappa shape index (κ2) is 15.4. The summed E-state index contributed by atoms with van der Waals surface area (Å²) in [5, 5.41) is 0. The summed E-state index contributed by atoms with van der Waals surface area (Å²) in [6.07, 6.45) is -1.43. The highest BCUT2D eigenvalue weighted by atomic mass is 16.6. The zero-order chi connectivity index (χ0) is 29.0. The first-order chi connectivity index (χ1) is 20.7. The summed E-state index contributed by atoms with van der Waals surface area (Å²) in [7, 11) is 0. The van der Waals surface area contributed by atoms with Crippen molar-refractivity contribution in [2.45, 2.75) is 57.6 Å². The summed E-state index contributed by atoms with van der Waals surface area (Å²) in [5.74, 6) is -0.339. The van der Waals surface area contributed by atoms with Crippen molar-refractivity contribution in [3.63, 3.8) is 0 Å². The number of hydrogen-bond acceptors (Lipinski definition) is 6. The number of benzene rings is 4. The van der Waals surface area contributed by atoms with E-state index in [-0.39, 0.29) is 12.0 Å². The van der Waals surface area contributed by atoms with Gasteiger partial charge in [0.2, 0.25) is 0 Å². The minimum Gasteiger partial charge on any atom is -0.458 e. The van der Waals surface area contributed by atoms with Crippen molar-refractivity contribution in [1.82, 2.24) is 4.90 Å². The Labute approximate surface area is 248 Å². The van der Waals surface area contributed by atoms with E-state index in [0.29, 0.717) is 39.5 Å². The van der Waals surface area contributed by atoms with Gasteiger partial charge in [-0.25, -0.2) is 0 Å². The lowest BCUT2D eigenvalue weighted by atomic mass is 9.92. The Kier molecular flexibility index (Phi) is 10.9. The minimum atomic E-state index is -0.513. The van der Waals surface area contributed by atoms with E-state index in [2.05, 4.69) is 41.3 Å². The fourth-order valence-corrected chi connectivity index (χ4v) is 5.44. The summed E-state index contributed by atoms with van der Waals surface area (Å²) in [4.78, 5) is 14.6. The predicted octanol–water partition coefficient (Wildman–Crippen LogP) is 6.19.